The highest BCUT2D eigenvalue weighted by atomic mass is 35.5. The first-order valence-electron chi connectivity index (χ1n) is 7.33. The Kier molecular flexibility index (Phi) is 4.85. The van der Waals surface area contributed by atoms with Gasteiger partial charge in [0, 0.05) is 26.2 Å². The van der Waals surface area contributed by atoms with Crippen LogP contribution in [-0.2, 0) is 11.3 Å². The van der Waals surface area contributed by atoms with Gasteiger partial charge in [-0.05, 0) is 24.7 Å². The van der Waals surface area contributed by atoms with Gasteiger partial charge in [0.25, 0.3) is 0 Å². The third-order valence-corrected chi connectivity index (χ3v) is 4.00. The smallest absolute Gasteiger partial charge is 0.179 e. The predicted octanol–water partition coefficient (Wildman–Crippen LogP) is 1.53. The zero-order valence-corrected chi connectivity index (χ0v) is 13.0. The van der Waals surface area contributed by atoms with Crippen molar-refractivity contribution in [3.8, 4) is 11.5 Å². The standard InChI is InChI=1S/C15H21ClN2O3/c1-17-8-12-10-18(2-3-19-12)9-11-6-13(16)15-14(7-11)20-4-5-21-15/h6-7,12,17H,2-5,8-10H2,1H3. The molecular formula is C15H21ClN2O3. The highest BCUT2D eigenvalue weighted by Crippen LogP contribution is 2.38. The van der Waals surface area contributed by atoms with Gasteiger partial charge in [0.1, 0.15) is 13.2 Å². The summed E-state index contributed by atoms with van der Waals surface area (Å²) in [6.07, 6.45) is 0.247. The fourth-order valence-electron chi connectivity index (χ4n) is 2.79. The van der Waals surface area contributed by atoms with Crippen LogP contribution >= 0.6 is 11.6 Å². The average Bonchev–Trinajstić information content (AvgIpc) is 2.48. The number of rotatable bonds is 4. The first-order valence-corrected chi connectivity index (χ1v) is 7.70. The van der Waals surface area contributed by atoms with Gasteiger partial charge < -0.3 is 19.5 Å². The average molecular weight is 313 g/mol. The lowest BCUT2D eigenvalue weighted by Gasteiger charge is -2.33. The molecule has 5 nitrogen and oxygen atoms in total. The van der Waals surface area contributed by atoms with Gasteiger partial charge in [-0.15, -0.1) is 0 Å². The van der Waals surface area contributed by atoms with E-state index in [2.05, 4.69) is 10.2 Å². The lowest BCUT2D eigenvalue weighted by Crippen LogP contribution is -2.45. The maximum absolute atomic E-state index is 6.29. The van der Waals surface area contributed by atoms with E-state index >= 15 is 0 Å². The van der Waals surface area contributed by atoms with E-state index in [1.807, 2.05) is 19.2 Å². The minimum Gasteiger partial charge on any atom is -0.486 e. The zero-order chi connectivity index (χ0) is 14.7. The molecule has 1 unspecified atom stereocenters. The molecule has 0 amide bonds. The van der Waals surface area contributed by atoms with Gasteiger partial charge in [-0.1, -0.05) is 11.6 Å². The lowest BCUT2D eigenvalue weighted by atomic mass is 10.1. The van der Waals surface area contributed by atoms with Crippen LogP contribution in [-0.4, -0.2) is 57.5 Å². The van der Waals surface area contributed by atoms with Crippen LogP contribution in [0.15, 0.2) is 12.1 Å². The van der Waals surface area contributed by atoms with E-state index in [1.165, 1.54) is 0 Å². The van der Waals surface area contributed by atoms with E-state index in [1.54, 1.807) is 0 Å². The quantitative estimate of drug-likeness (QED) is 0.913. The van der Waals surface area contributed by atoms with E-state index in [9.17, 15) is 0 Å². The first-order chi connectivity index (χ1) is 10.3. The highest BCUT2D eigenvalue weighted by Gasteiger charge is 2.22. The van der Waals surface area contributed by atoms with Crippen molar-refractivity contribution in [2.45, 2.75) is 12.6 Å². The molecule has 1 saturated heterocycles. The predicted molar refractivity (Wildman–Crippen MR) is 81.4 cm³/mol. The van der Waals surface area contributed by atoms with Gasteiger partial charge in [-0.25, -0.2) is 0 Å². The number of likely N-dealkylation sites (N-methyl/N-ethyl adjacent to an activating group) is 1. The molecule has 2 aliphatic heterocycles. The summed E-state index contributed by atoms with van der Waals surface area (Å²) in [6.45, 7) is 5.48. The summed E-state index contributed by atoms with van der Waals surface area (Å²) in [4.78, 5) is 2.38. The van der Waals surface area contributed by atoms with Crippen LogP contribution in [0.4, 0.5) is 0 Å². The summed E-state index contributed by atoms with van der Waals surface area (Å²) < 4.78 is 16.9. The molecule has 0 spiro atoms. The van der Waals surface area contributed by atoms with Gasteiger partial charge in [0.15, 0.2) is 11.5 Å². The monoisotopic (exact) mass is 312 g/mol. The van der Waals surface area contributed by atoms with Crippen molar-refractivity contribution >= 4 is 11.6 Å². The minimum absolute atomic E-state index is 0.247. The number of morpholine rings is 1. The van der Waals surface area contributed by atoms with Crippen molar-refractivity contribution in [2.75, 3.05) is 46.5 Å². The number of benzene rings is 1. The molecular weight excluding hydrogens is 292 g/mol. The Balaban J connectivity index is 1.68. The van der Waals surface area contributed by atoms with Crippen LogP contribution in [0.2, 0.25) is 5.02 Å². The van der Waals surface area contributed by atoms with Gasteiger partial charge in [-0.2, -0.15) is 0 Å². The van der Waals surface area contributed by atoms with E-state index < -0.39 is 0 Å². The summed E-state index contributed by atoms with van der Waals surface area (Å²) in [5, 5.41) is 3.79. The molecule has 1 N–H and O–H groups in total. The Labute approximate surface area is 130 Å². The SMILES string of the molecule is CNCC1CN(Cc2cc(Cl)c3c(c2)OCCO3)CCO1. The molecule has 116 valence electrons. The van der Waals surface area contributed by atoms with Gasteiger partial charge >= 0.3 is 0 Å². The molecule has 3 rings (SSSR count). The minimum atomic E-state index is 0.247. The summed E-state index contributed by atoms with van der Waals surface area (Å²) >= 11 is 6.29. The summed E-state index contributed by atoms with van der Waals surface area (Å²) in [6, 6.07) is 4.00. The molecule has 0 aliphatic carbocycles. The van der Waals surface area contributed by atoms with Crippen LogP contribution in [0.1, 0.15) is 5.56 Å². The number of hydrogen-bond acceptors (Lipinski definition) is 5. The fourth-order valence-corrected chi connectivity index (χ4v) is 3.08. The molecule has 6 heteroatoms. The van der Waals surface area contributed by atoms with E-state index in [-0.39, 0.29) is 6.10 Å². The second kappa shape index (κ2) is 6.83. The van der Waals surface area contributed by atoms with Crippen molar-refractivity contribution in [1.29, 1.82) is 0 Å². The molecule has 0 radical (unpaired) electrons. The number of nitrogens with zero attached hydrogens (tertiary/aromatic N) is 1. The topological polar surface area (TPSA) is 43.0 Å². The molecule has 0 saturated carbocycles. The largest absolute Gasteiger partial charge is 0.486 e. The number of fused-ring (bicyclic) bond motifs is 1. The molecule has 1 atom stereocenters. The second-order valence-corrected chi connectivity index (χ2v) is 5.79. The van der Waals surface area contributed by atoms with Crippen LogP contribution in [0, 0.1) is 0 Å². The molecule has 0 aromatic heterocycles. The Morgan fingerprint density at radius 2 is 2.14 bits per heavy atom. The summed E-state index contributed by atoms with van der Waals surface area (Å²) in [7, 11) is 1.95. The van der Waals surface area contributed by atoms with Crippen molar-refractivity contribution in [3.05, 3.63) is 22.7 Å². The number of ether oxygens (including phenoxy) is 3. The number of nitrogens with one attached hydrogen (secondary N) is 1. The van der Waals surface area contributed by atoms with Crippen molar-refractivity contribution in [1.82, 2.24) is 10.2 Å². The third kappa shape index (κ3) is 3.61. The molecule has 21 heavy (non-hydrogen) atoms. The lowest BCUT2D eigenvalue weighted by molar-refractivity contribution is -0.0291. The first kappa shape index (κ1) is 14.9. The van der Waals surface area contributed by atoms with Crippen LogP contribution in [0.25, 0.3) is 0 Å². The molecule has 2 heterocycles. The summed E-state index contributed by atoms with van der Waals surface area (Å²) in [5.74, 6) is 1.42. The Morgan fingerprint density at radius 3 is 3.00 bits per heavy atom. The maximum Gasteiger partial charge on any atom is 0.179 e. The third-order valence-electron chi connectivity index (χ3n) is 3.72. The highest BCUT2D eigenvalue weighted by molar-refractivity contribution is 6.32. The van der Waals surface area contributed by atoms with Crippen LogP contribution in [0.5, 0.6) is 11.5 Å². The normalized spacial score (nSPS) is 22.3. The Bertz CT molecular complexity index is 496. The maximum atomic E-state index is 6.29. The van der Waals surface area contributed by atoms with Crippen LogP contribution < -0.4 is 14.8 Å². The van der Waals surface area contributed by atoms with Crippen molar-refractivity contribution in [3.63, 3.8) is 0 Å². The second-order valence-electron chi connectivity index (χ2n) is 5.39. The zero-order valence-electron chi connectivity index (χ0n) is 12.2. The van der Waals surface area contributed by atoms with E-state index in [0.717, 1.165) is 44.1 Å². The van der Waals surface area contributed by atoms with E-state index in [4.69, 9.17) is 25.8 Å². The molecule has 2 aliphatic rings. The van der Waals surface area contributed by atoms with Gasteiger partial charge in [-0.3, -0.25) is 4.90 Å². The summed E-state index contributed by atoms with van der Waals surface area (Å²) in [5.41, 5.74) is 1.15. The Hall–Kier alpha value is -1.01. The van der Waals surface area contributed by atoms with Crippen LogP contribution in [0.3, 0.4) is 0 Å². The molecule has 1 aromatic rings. The number of hydrogen-bond donors (Lipinski definition) is 1. The van der Waals surface area contributed by atoms with Gasteiger partial charge in [0.2, 0.25) is 0 Å². The van der Waals surface area contributed by atoms with Crippen molar-refractivity contribution < 1.29 is 14.2 Å². The van der Waals surface area contributed by atoms with Crippen molar-refractivity contribution in [2.24, 2.45) is 0 Å². The molecule has 1 aromatic carbocycles. The molecule has 0 bridgehead atoms. The van der Waals surface area contributed by atoms with Gasteiger partial charge in [0.05, 0.1) is 17.7 Å². The molecule has 1 fully saturated rings. The fraction of sp³-hybridized carbons (Fsp3) is 0.600. The number of halogens is 1. The Morgan fingerprint density at radius 1 is 1.29 bits per heavy atom. The van der Waals surface area contributed by atoms with E-state index in [0.29, 0.717) is 24.0 Å².